The smallest absolute Gasteiger partial charge is 0.175 e. The number of nitrogens with zero attached hydrogens (tertiary/aromatic N) is 4. The third-order valence-corrected chi connectivity index (χ3v) is 4.62. The van der Waals surface area contributed by atoms with Crippen molar-refractivity contribution in [1.82, 2.24) is 14.8 Å². The molecule has 1 aliphatic heterocycles. The summed E-state index contributed by atoms with van der Waals surface area (Å²) < 4.78 is 13.0. The van der Waals surface area contributed by atoms with Gasteiger partial charge in [-0.15, -0.1) is 0 Å². The zero-order chi connectivity index (χ0) is 17.3. The Morgan fingerprint density at radius 3 is 2.65 bits per heavy atom. The molecular weight excluding hydrogens is 328 g/mol. The van der Waals surface area contributed by atoms with E-state index in [1.165, 1.54) is 0 Å². The number of aromatic nitrogens is 3. The summed E-state index contributed by atoms with van der Waals surface area (Å²) >= 11 is 0. The SMILES string of the molecule is c1ccc(-c2ccn(-c3cc(N4CCOCC4)c4occc4n3)n2)cc1. The van der Waals surface area contributed by atoms with Crippen molar-refractivity contribution in [3.8, 4) is 17.1 Å². The highest BCUT2D eigenvalue weighted by molar-refractivity contribution is 5.88. The number of fused-ring (bicyclic) bond motifs is 1. The van der Waals surface area contributed by atoms with Gasteiger partial charge in [-0.05, 0) is 6.07 Å². The first-order valence-electron chi connectivity index (χ1n) is 8.71. The molecule has 0 amide bonds. The summed E-state index contributed by atoms with van der Waals surface area (Å²) in [5.74, 6) is 0.780. The first-order chi connectivity index (χ1) is 12.9. The molecule has 4 aromatic rings. The molecule has 0 atom stereocenters. The van der Waals surface area contributed by atoms with Crippen LogP contribution in [-0.4, -0.2) is 41.1 Å². The molecule has 0 aliphatic carbocycles. The summed E-state index contributed by atoms with van der Waals surface area (Å²) in [6.07, 6.45) is 3.63. The third-order valence-electron chi connectivity index (χ3n) is 4.62. The lowest BCUT2D eigenvalue weighted by Crippen LogP contribution is -2.36. The van der Waals surface area contributed by atoms with Gasteiger partial charge in [0.2, 0.25) is 0 Å². The highest BCUT2D eigenvalue weighted by Crippen LogP contribution is 2.30. The first-order valence-corrected chi connectivity index (χ1v) is 8.71. The second-order valence-corrected chi connectivity index (χ2v) is 6.25. The van der Waals surface area contributed by atoms with Crippen molar-refractivity contribution in [2.45, 2.75) is 0 Å². The molecule has 1 fully saturated rings. The molecule has 6 heteroatoms. The largest absolute Gasteiger partial charge is 0.460 e. The summed E-state index contributed by atoms with van der Waals surface area (Å²) in [6.45, 7) is 3.13. The molecule has 5 rings (SSSR count). The topological polar surface area (TPSA) is 56.3 Å². The number of anilines is 1. The second-order valence-electron chi connectivity index (χ2n) is 6.25. The molecule has 6 nitrogen and oxygen atoms in total. The van der Waals surface area contributed by atoms with Crippen LogP contribution in [0.15, 0.2) is 65.4 Å². The van der Waals surface area contributed by atoms with Crippen molar-refractivity contribution < 1.29 is 9.15 Å². The van der Waals surface area contributed by atoms with Crippen LogP contribution in [0.1, 0.15) is 0 Å². The number of pyridine rings is 1. The highest BCUT2D eigenvalue weighted by atomic mass is 16.5. The summed E-state index contributed by atoms with van der Waals surface area (Å²) in [5.41, 5.74) is 4.69. The van der Waals surface area contributed by atoms with Crippen molar-refractivity contribution in [2.24, 2.45) is 0 Å². The predicted octanol–water partition coefficient (Wildman–Crippen LogP) is 3.52. The van der Waals surface area contributed by atoms with Crippen molar-refractivity contribution >= 4 is 16.8 Å². The van der Waals surface area contributed by atoms with Gasteiger partial charge in [0.05, 0.1) is 30.9 Å². The Bertz CT molecular complexity index is 1030. The normalized spacial score (nSPS) is 14.8. The van der Waals surface area contributed by atoms with E-state index < -0.39 is 0 Å². The van der Waals surface area contributed by atoms with Crippen LogP contribution >= 0.6 is 0 Å². The number of hydrogen-bond donors (Lipinski definition) is 0. The van der Waals surface area contributed by atoms with Gasteiger partial charge >= 0.3 is 0 Å². The molecule has 1 aliphatic rings. The van der Waals surface area contributed by atoms with Crippen molar-refractivity contribution in [2.75, 3.05) is 31.2 Å². The van der Waals surface area contributed by atoms with Gasteiger partial charge in [0.25, 0.3) is 0 Å². The minimum Gasteiger partial charge on any atom is -0.460 e. The lowest BCUT2D eigenvalue weighted by Gasteiger charge is -2.28. The van der Waals surface area contributed by atoms with Crippen LogP contribution in [0.4, 0.5) is 5.69 Å². The van der Waals surface area contributed by atoms with Gasteiger partial charge in [-0.2, -0.15) is 5.10 Å². The summed E-state index contributed by atoms with van der Waals surface area (Å²) in [6, 6.07) is 16.1. The van der Waals surface area contributed by atoms with Gasteiger partial charge in [0, 0.05) is 37.0 Å². The van der Waals surface area contributed by atoms with E-state index >= 15 is 0 Å². The Balaban J connectivity index is 1.58. The first kappa shape index (κ1) is 15.2. The number of furan rings is 1. The number of morpholine rings is 1. The maximum atomic E-state index is 5.69. The van der Waals surface area contributed by atoms with E-state index in [2.05, 4.69) is 17.0 Å². The average Bonchev–Trinajstić information content (AvgIpc) is 3.38. The molecule has 0 N–H and O–H groups in total. The third kappa shape index (κ3) is 2.64. The number of hydrogen-bond acceptors (Lipinski definition) is 5. The second kappa shape index (κ2) is 6.31. The molecule has 0 saturated carbocycles. The Morgan fingerprint density at radius 1 is 0.962 bits per heavy atom. The fraction of sp³-hybridized carbons (Fsp3) is 0.200. The van der Waals surface area contributed by atoms with Crippen LogP contribution in [0.3, 0.4) is 0 Å². The van der Waals surface area contributed by atoms with E-state index in [-0.39, 0.29) is 0 Å². The van der Waals surface area contributed by atoms with Gasteiger partial charge in [-0.1, -0.05) is 30.3 Å². The van der Waals surface area contributed by atoms with E-state index in [1.54, 1.807) is 6.26 Å². The van der Waals surface area contributed by atoms with Crippen molar-refractivity contribution in [3.63, 3.8) is 0 Å². The zero-order valence-corrected chi connectivity index (χ0v) is 14.2. The lowest BCUT2D eigenvalue weighted by molar-refractivity contribution is 0.122. The predicted molar refractivity (Wildman–Crippen MR) is 99.6 cm³/mol. The quantitative estimate of drug-likeness (QED) is 0.568. The molecule has 0 radical (unpaired) electrons. The molecule has 1 saturated heterocycles. The molecule has 1 aromatic carbocycles. The molecule has 0 bridgehead atoms. The van der Waals surface area contributed by atoms with Crippen LogP contribution in [-0.2, 0) is 4.74 Å². The van der Waals surface area contributed by atoms with E-state index in [0.717, 1.165) is 60.2 Å². The minimum absolute atomic E-state index is 0.722. The summed E-state index contributed by atoms with van der Waals surface area (Å²) in [7, 11) is 0. The van der Waals surface area contributed by atoms with Gasteiger partial charge in [-0.3, -0.25) is 0 Å². The van der Waals surface area contributed by atoms with E-state index in [1.807, 2.05) is 47.3 Å². The van der Waals surface area contributed by atoms with E-state index in [4.69, 9.17) is 19.2 Å². The Hall–Kier alpha value is -3.12. The molecular formula is C20H18N4O2. The van der Waals surface area contributed by atoms with Gasteiger partial charge in [-0.25, -0.2) is 9.67 Å². The molecule has 130 valence electrons. The monoisotopic (exact) mass is 346 g/mol. The lowest BCUT2D eigenvalue weighted by atomic mass is 10.2. The zero-order valence-electron chi connectivity index (χ0n) is 14.2. The Morgan fingerprint density at radius 2 is 1.81 bits per heavy atom. The average molecular weight is 346 g/mol. The molecule has 26 heavy (non-hydrogen) atoms. The fourth-order valence-corrected chi connectivity index (χ4v) is 3.30. The number of ether oxygens (including phenoxy) is 1. The Labute approximate surface area is 150 Å². The minimum atomic E-state index is 0.722. The summed E-state index contributed by atoms with van der Waals surface area (Å²) in [4.78, 5) is 7.00. The molecule has 0 spiro atoms. The van der Waals surface area contributed by atoms with E-state index in [9.17, 15) is 0 Å². The molecule has 3 aromatic heterocycles. The van der Waals surface area contributed by atoms with Crippen LogP contribution < -0.4 is 4.90 Å². The van der Waals surface area contributed by atoms with Crippen LogP contribution in [0.2, 0.25) is 0 Å². The maximum Gasteiger partial charge on any atom is 0.175 e. The number of rotatable bonds is 3. The van der Waals surface area contributed by atoms with Crippen molar-refractivity contribution in [3.05, 3.63) is 61.0 Å². The van der Waals surface area contributed by atoms with Crippen molar-refractivity contribution in [1.29, 1.82) is 0 Å². The molecule has 0 unspecified atom stereocenters. The van der Waals surface area contributed by atoms with Crippen LogP contribution in [0, 0.1) is 0 Å². The standard InChI is InChI=1S/C20H18N4O2/c1-2-4-15(5-3-1)16-6-8-24(22-16)19-14-18(23-9-12-25-13-10-23)20-17(21-19)7-11-26-20/h1-8,11,14H,9-10,12-13H2. The molecule has 4 heterocycles. The van der Waals surface area contributed by atoms with Gasteiger partial charge in [0.15, 0.2) is 11.4 Å². The van der Waals surface area contributed by atoms with Gasteiger partial charge < -0.3 is 14.1 Å². The van der Waals surface area contributed by atoms with E-state index in [0.29, 0.717) is 0 Å². The number of benzene rings is 1. The fourth-order valence-electron chi connectivity index (χ4n) is 3.30. The van der Waals surface area contributed by atoms with Gasteiger partial charge in [0.1, 0.15) is 5.52 Å². The highest BCUT2D eigenvalue weighted by Gasteiger charge is 2.18. The van der Waals surface area contributed by atoms with Crippen LogP contribution in [0.5, 0.6) is 0 Å². The maximum absolute atomic E-state index is 5.69. The summed E-state index contributed by atoms with van der Waals surface area (Å²) in [5, 5.41) is 4.71. The Kier molecular flexibility index (Phi) is 3.68. The van der Waals surface area contributed by atoms with Crippen LogP contribution in [0.25, 0.3) is 28.2 Å².